The van der Waals surface area contributed by atoms with E-state index in [-0.39, 0.29) is 24.2 Å². The Labute approximate surface area is 136 Å². The summed E-state index contributed by atoms with van der Waals surface area (Å²) in [4.78, 5) is 25.3. The van der Waals surface area contributed by atoms with Crippen molar-refractivity contribution in [2.45, 2.75) is 83.2 Å². The molecule has 2 saturated heterocycles. The van der Waals surface area contributed by atoms with Gasteiger partial charge in [-0.05, 0) is 39.7 Å². The van der Waals surface area contributed by atoms with Crippen LogP contribution >= 0.6 is 0 Å². The van der Waals surface area contributed by atoms with E-state index in [0.29, 0.717) is 0 Å². The van der Waals surface area contributed by atoms with Crippen LogP contribution in [0.2, 0.25) is 0 Å². The fraction of sp³-hybridized carbons (Fsp3) is 0.765. The van der Waals surface area contributed by atoms with Crippen LogP contribution < -0.4 is 0 Å². The Morgan fingerprint density at radius 1 is 1.17 bits per heavy atom. The molecule has 0 saturated carbocycles. The van der Waals surface area contributed by atoms with Gasteiger partial charge in [0.2, 0.25) is 5.91 Å². The molecule has 0 aromatic heterocycles. The molecule has 3 aliphatic heterocycles. The molecule has 0 N–H and O–H groups in total. The second-order valence-corrected chi connectivity index (χ2v) is 7.19. The van der Waals surface area contributed by atoms with Crippen molar-refractivity contribution in [1.29, 1.82) is 0 Å². The predicted octanol–water partition coefficient (Wildman–Crippen LogP) is 2.13. The van der Waals surface area contributed by atoms with Crippen molar-refractivity contribution in [3.05, 3.63) is 12.3 Å². The maximum absolute atomic E-state index is 12.3. The van der Waals surface area contributed by atoms with Crippen LogP contribution in [-0.2, 0) is 23.8 Å². The average Bonchev–Trinajstić information content (AvgIpc) is 2.84. The van der Waals surface area contributed by atoms with Gasteiger partial charge in [0.25, 0.3) is 0 Å². The van der Waals surface area contributed by atoms with Gasteiger partial charge in [-0.1, -0.05) is 13.8 Å². The van der Waals surface area contributed by atoms with Gasteiger partial charge in [0.1, 0.15) is 11.7 Å². The number of nitrogens with zero attached hydrogens (tertiary/aromatic N) is 1. The number of rotatable bonds is 3. The molecule has 6 heteroatoms. The number of ketones is 1. The number of ether oxygens (including phenoxy) is 3. The largest absolute Gasteiger partial charge is 0.345 e. The second-order valence-electron chi connectivity index (χ2n) is 7.19. The van der Waals surface area contributed by atoms with Crippen molar-refractivity contribution in [3.63, 3.8) is 0 Å². The quantitative estimate of drug-likeness (QED) is 0.745. The highest BCUT2D eigenvalue weighted by Gasteiger charge is 2.70. The number of hydrogen-bond acceptors (Lipinski definition) is 5. The Balaban J connectivity index is 2.03. The topological polar surface area (TPSA) is 65.1 Å². The van der Waals surface area contributed by atoms with Crippen LogP contribution in [0.4, 0.5) is 0 Å². The zero-order valence-electron chi connectivity index (χ0n) is 14.4. The molecule has 128 valence electrons. The van der Waals surface area contributed by atoms with E-state index in [2.05, 4.69) is 13.8 Å². The Bertz CT molecular complexity index is 565. The first-order valence-electron chi connectivity index (χ1n) is 8.25. The second kappa shape index (κ2) is 5.13. The van der Waals surface area contributed by atoms with E-state index in [1.807, 2.05) is 20.8 Å². The van der Waals surface area contributed by atoms with Crippen molar-refractivity contribution >= 4 is 11.7 Å². The summed E-state index contributed by atoms with van der Waals surface area (Å²) in [7, 11) is 0. The van der Waals surface area contributed by atoms with Crippen LogP contribution in [0.25, 0.3) is 0 Å². The number of carbonyl (C=O) groups excluding carboxylic acids is 2. The van der Waals surface area contributed by atoms with Crippen molar-refractivity contribution in [3.8, 4) is 0 Å². The molecule has 6 nitrogen and oxygen atoms in total. The van der Waals surface area contributed by atoms with E-state index >= 15 is 0 Å². The van der Waals surface area contributed by atoms with E-state index < -0.39 is 23.2 Å². The molecule has 0 aliphatic carbocycles. The summed E-state index contributed by atoms with van der Waals surface area (Å²) < 4.78 is 18.7. The van der Waals surface area contributed by atoms with Gasteiger partial charge in [0.15, 0.2) is 17.8 Å². The third-order valence-electron chi connectivity index (χ3n) is 5.19. The molecule has 0 unspecified atom stereocenters. The summed E-state index contributed by atoms with van der Waals surface area (Å²) in [5, 5.41) is 0. The molecule has 23 heavy (non-hydrogen) atoms. The molecule has 1 amide bonds. The first-order valence-corrected chi connectivity index (χ1v) is 8.25. The van der Waals surface area contributed by atoms with Crippen LogP contribution in [-0.4, -0.2) is 45.9 Å². The maximum atomic E-state index is 12.3. The number of carbonyl (C=O) groups is 2. The molecule has 0 bridgehead atoms. The fourth-order valence-electron chi connectivity index (χ4n) is 4.09. The molecule has 3 heterocycles. The standard InChI is InChI=1S/C17H25NO5/c1-6-17(7-2)13-16(5,23-15(3,4)21-13)14(22-17)18-9-8-11(19)10-12(18)20/h8-9,13-14H,6-7,10H2,1-5H3/t13-,14+,16+/m0/s1. The number of amides is 1. The molecule has 3 rings (SSSR count). The predicted molar refractivity (Wildman–Crippen MR) is 82.2 cm³/mol. The number of hydrogen-bond donors (Lipinski definition) is 0. The van der Waals surface area contributed by atoms with Crippen LogP contribution in [0.15, 0.2) is 12.3 Å². The van der Waals surface area contributed by atoms with Gasteiger partial charge in [-0.15, -0.1) is 0 Å². The lowest BCUT2D eigenvalue weighted by molar-refractivity contribution is -0.239. The average molecular weight is 323 g/mol. The summed E-state index contributed by atoms with van der Waals surface area (Å²) in [5.41, 5.74) is -1.29. The molecule has 3 aliphatic rings. The monoisotopic (exact) mass is 323 g/mol. The van der Waals surface area contributed by atoms with E-state index in [4.69, 9.17) is 14.2 Å². The van der Waals surface area contributed by atoms with Crippen molar-refractivity contribution in [2.75, 3.05) is 0 Å². The minimum Gasteiger partial charge on any atom is -0.345 e. The first kappa shape index (κ1) is 16.6. The molecular weight excluding hydrogens is 298 g/mol. The number of allylic oxidation sites excluding steroid dienone is 1. The zero-order chi connectivity index (χ0) is 17.0. The molecule has 0 radical (unpaired) electrons. The van der Waals surface area contributed by atoms with Gasteiger partial charge in [-0.25, -0.2) is 0 Å². The molecule has 3 atom stereocenters. The molecular formula is C17H25NO5. The van der Waals surface area contributed by atoms with E-state index in [1.165, 1.54) is 17.2 Å². The van der Waals surface area contributed by atoms with Crippen LogP contribution in [0.3, 0.4) is 0 Å². The van der Waals surface area contributed by atoms with Gasteiger partial charge in [-0.2, -0.15) is 0 Å². The normalized spacial score (nSPS) is 38.2. The highest BCUT2D eigenvalue weighted by atomic mass is 16.8. The third-order valence-corrected chi connectivity index (χ3v) is 5.19. The summed E-state index contributed by atoms with van der Waals surface area (Å²) in [6.45, 7) is 9.79. The fourth-order valence-corrected chi connectivity index (χ4v) is 4.09. The van der Waals surface area contributed by atoms with Crippen molar-refractivity contribution < 1.29 is 23.8 Å². The zero-order valence-corrected chi connectivity index (χ0v) is 14.4. The van der Waals surface area contributed by atoms with Crippen LogP contribution in [0.1, 0.15) is 53.9 Å². The first-order chi connectivity index (χ1) is 10.7. The lowest BCUT2D eigenvalue weighted by Crippen LogP contribution is -2.53. The Hall–Kier alpha value is -1.24. The van der Waals surface area contributed by atoms with Crippen LogP contribution in [0.5, 0.6) is 0 Å². The van der Waals surface area contributed by atoms with E-state index in [0.717, 1.165) is 12.8 Å². The summed E-state index contributed by atoms with van der Waals surface area (Å²) >= 11 is 0. The Kier molecular flexibility index (Phi) is 3.70. The maximum Gasteiger partial charge on any atom is 0.236 e. The van der Waals surface area contributed by atoms with Crippen LogP contribution in [0, 0.1) is 0 Å². The molecule has 0 aromatic rings. The van der Waals surface area contributed by atoms with Gasteiger partial charge < -0.3 is 14.2 Å². The summed E-state index contributed by atoms with van der Waals surface area (Å²) in [5.74, 6) is -1.19. The molecule has 0 spiro atoms. The smallest absolute Gasteiger partial charge is 0.236 e. The lowest BCUT2D eigenvalue weighted by atomic mass is 9.83. The SMILES string of the molecule is CCC1(CC)O[C@@H](N2C=CC(=O)CC2=O)[C@]2(C)OC(C)(C)O[C@H]12. The van der Waals surface area contributed by atoms with Gasteiger partial charge in [0, 0.05) is 6.20 Å². The minimum atomic E-state index is -0.782. The van der Waals surface area contributed by atoms with Gasteiger partial charge in [-0.3, -0.25) is 14.5 Å². The highest BCUT2D eigenvalue weighted by Crippen LogP contribution is 2.54. The van der Waals surface area contributed by atoms with Crippen molar-refractivity contribution in [1.82, 2.24) is 4.90 Å². The van der Waals surface area contributed by atoms with E-state index in [1.54, 1.807) is 0 Å². The van der Waals surface area contributed by atoms with Crippen molar-refractivity contribution in [2.24, 2.45) is 0 Å². The molecule has 0 aromatic carbocycles. The molecule has 2 fully saturated rings. The lowest BCUT2D eigenvalue weighted by Gasteiger charge is -2.37. The summed E-state index contributed by atoms with van der Waals surface area (Å²) in [6.07, 6.45) is 3.43. The Morgan fingerprint density at radius 3 is 2.39 bits per heavy atom. The Morgan fingerprint density at radius 2 is 1.83 bits per heavy atom. The van der Waals surface area contributed by atoms with Gasteiger partial charge in [0.05, 0.1) is 12.0 Å². The highest BCUT2D eigenvalue weighted by molar-refractivity contribution is 6.06. The van der Waals surface area contributed by atoms with Gasteiger partial charge >= 0.3 is 0 Å². The minimum absolute atomic E-state index is 0.132. The van der Waals surface area contributed by atoms with E-state index in [9.17, 15) is 9.59 Å². The summed E-state index contributed by atoms with van der Waals surface area (Å²) in [6, 6.07) is 0. The third kappa shape index (κ3) is 2.35. The number of fused-ring (bicyclic) bond motifs is 1.